The topological polar surface area (TPSA) is 83.0 Å². The van der Waals surface area contributed by atoms with Crippen molar-refractivity contribution in [3.63, 3.8) is 0 Å². The normalized spacial score (nSPS) is 18.9. The number of rotatable bonds is 7. The highest BCUT2D eigenvalue weighted by molar-refractivity contribution is 7.98. The van der Waals surface area contributed by atoms with E-state index in [-0.39, 0.29) is 24.1 Å². The molecule has 0 bridgehead atoms. The molecular weight excluding hydrogens is 470 g/mol. The fourth-order valence-corrected chi connectivity index (χ4v) is 6.67. The second-order valence-corrected chi connectivity index (χ2v) is 11.6. The molecule has 2 fully saturated rings. The Bertz CT molecular complexity index is 1350. The van der Waals surface area contributed by atoms with Gasteiger partial charge in [0.05, 0.1) is 5.56 Å². The molecule has 36 heavy (non-hydrogen) atoms. The number of hydrogen-bond donors (Lipinski definition) is 2. The summed E-state index contributed by atoms with van der Waals surface area (Å²) in [4.78, 5) is 37.2. The van der Waals surface area contributed by atoms with Gasteiger partial charge in [0.25, 0.3) is 11.5 Å². The highest BCUT2D eigenvalue weighted by atomic mass is 32.2. The predicted octanol–water partition coefficient (Wildman–Crippen LogP) is 4.82. The zero-order valence-corrected chi connectivity index (χ0v) is 22.8. The van der Waals surface area contributed by atoms with Gasteiger partial charge in [0, 0.05) is 51.6 Å². The number of aromatic amines is 1. The van der Waals surface area contributed by atoms with Crippen molar-refractivity contribution < 1.29 is 4.79 Å². The summed E-state index contributed by atoms with van der Waals surface area (Å²) in [6.07, 6.45) is 8.73. The van der Waals surface area contributed by atoms with Gasteiger partial charge in [-0.2, -0.15) is 0 Å². The number of piperidine rings is 1. The highest BCUT2D eigenvalue weighted by Gasteiger charge is 2.44. The molecule has 1 saturated carbocycles. The van der Waals surface area contributed by atoms with Gasteiger partial charge in [0.2, 0.25) is 0 Å². The maximum atomic E-state index is 13.5. The van der Waals surface area contributed by atoms with Crippen molar-refractivity contribution >= 4 is 28.7 Å². The zero-order valence-electron chi connectivity index (χ0n) is 22.0. The first-order chi connectivity index (χ1) is 17.2. The van der Waals surface area contributed by atoms with Crippen LogP contribution in [0.25, 0.3) is 11.0 Å². The summed E-state index contributed by atoms with van der Waals surface area (Å²) >= 11 is 1.52. The smallest absolute Gasteiger partial charge is 0.254 e. The first kappa shape index (κ1) is 25.1. The molecule has 0 spiro atoms. The molecule has 192 valence electrons. The van der Waals surface area contributed by atoms with Gasteiger partial charge < -0.3 is 14.9 Å². The minimum atomic E-state index is -0.167. The standard InChI is InChI=1S/C28H37N5O2S/c1-17-15-23(36-5)22(26(34)31-17)16-30-27(35)24-19(3)33(25-21(24)7-6-12-29-25)18(2)20-8-13-32(14-9-20)28(4)10-11-28/h6-7,12,15,18,20H,8-11,13-14,16H2,1-5H3,(H,30,35)(H,31,34)/t18-/m1/s1. The van der Waals surface area contributed by atoms with E-state index < -0.39 is 0 Å². The monoisotopic (exact) mass is 507 g/mol. The Kier molecular flexibility index (Phi) is 6.76. The van der Waals surface area contributed by atoms with E-state index in [1.165, 1.54) is 24.6 Å². The van der Waals surface area contributed by atoms with Crippen LogP contribution in [0.15, 0.2) is 34.1 Å². The number of thioether (sulfide) groups is 1. The van der Waals surface area contributed by atoms with E-state index in [0.717, 1.165) is 53.2 Å². The average Bonchev–Trinajstić information content (AvgIpc) is 3.55. The largest absolute Gasteiger partial charge is 0.348 e. The van der Waals surface area contributed by atoms with Crippen LogP contribution < -0.4 is 10.9 Å². The third-order valence-electron chi connectivity index (χ3n) is 8.48. The number of pyridine rings is 2. The number of H-pyrrole nitrogens is 1. The molecule has 8 heteroatoms. The molecule has 1 saturated heterocycles. The van der Waals surface area contributed by atoms with Crippen LogP contribution in [0.5, 0.6) is 0 Å². The minimum absolute atomic E-state index is 0.152. The third kappa shape index (κ3) is 4.50. The van der Waals surface area contributed by atoms with Crippen LogP contribution in [-0.2, 0) is 6.54 Å². The van der Waals surface area contributed by atoms with Crippen LogP contribution in [0.2, 0.25) is 0 Å². The van der Waals surface area contributed by atoms with E-state index in [0.29, 0.717) is 22.6 Å². The van der Waals surface area contributed by atoms with Crippen molar-refractivity contribution in [1.29, 1.82) is 0 Å². The van der Waals surface area contributed by atoms with Crippen LogP contribution in [0.1, 0.15) is 72.9 Å². The van der Waals surface area contributed by atoms with Crippen LogP contribution in [0.3, 0.4) is 0 Å². The number of nitrogens with one attached hydrogen (secondary N) is 2. The van der Waals surface area contributed by atoms with E-state index in [1.807, 2.05) is 38.3 Å². The maximum Gasteiger partial charge on any atom is 0.254 e. The van der Waals surface area contributed by atoms with Gasteiger partial charge in [-0.3, -0.25) is 14.5 Å². The maximum absolute atomic E-state index is 13.5. The van der Waals surface area contributed by atoms with Crippen molar-refractivity contribution in [2.24, 2.45) is 5.92 Å². The molecule has 0 aromatic carbocycles. The summed E-state index contributed by atoms with van der Waals surface area (Å²) in [5.74, 6) is 0.381. The summed E-state index contributed by atoms with van der Waals surface area (Å²) in [6, 6.07) is 6.07. The Morgan fingerprint density at radius 1 is 1.31 bits per heavy atom. The molecule has 2 N–H and O–H groups in total. The SMILES string of the molecule is CSc1cc(C)[nH]c(=O)c1CNC(=O)c1c(C)n([C@H](C)C2CCN(C3(C)CC3)CC2)c2ncccc12. The third-order valence-corrected chi connectivity index (χ3v) is 9.28. The molecule has 0 radical (unpaired) electrons. The molecule has 1 amide bonds. The van der Waals surface area contributed by atoms with Gasteiger partial charge in [-0.1, -0.05) is 0 Å². The Balaban J connectivity index is 1.40. The van der Waals surface area contributed by atoms with Gasteiger partial charge in [-0.05, 0) is 96.8 Å². The summed E-state index contributed by atoms with van der Waals surface area (Å²) in [5.41, 5.74) is 4.14. The number of likely N-dealkylation sites (tertiary alicyclic amines) is 1. The van der Waals surface area contributed by atoms with Gasteiger partial charge in [-0.25, -0.2) is 4.98 Å². The molecule has 1 aliphatic carbocycles. The Labute approximate surface area is 217 Å². The number of fused-ring (bicyclic) bond motifs is 1. The molecule has 4 heterocycles. The molecule has 3 aromatic rings. The molecule has 7 nitrogen and oxygen atoms in total. The average molecular weight is 508 g/mol. The summed E-state index contributed by atoms with van der Waals surface area (Å²) < 4.78 is 2.27. The summed E-state index contributed by atoms with van der Waals surface area (Å²) in [6.45, 7) is 11.0. The van der Waals surface area contributed by atoms with Crippen molar-refractivity contribution in [2.45, 2.75) is 76.4 Å². The van der Waals surface area contributed by atoms with Crippen molar-refractivity contribution in [2.75, 3.05) is 19.3 Å². The summed E-state index contributed by atoms with van der Waals surface area (Å²) in [7, 11) is 0. The molecule has 0 unspecified atom stereocenters. The zero-order chi connectivity index (χ0) is 25.6. The fourth-order valence-electron chi connectivity index (χ4n) is 5.97. The molecule has 3 aromatic heterocycles. The number of nitrogens with zero attached hydrogens (tertiary/aromatic N) is 3. The predicted molar refractivity (Wildman–Crippen MR) is 146 cm³/mol. The van der Waals surface area contributed by atoms with Crippen LogP contribution in [-0.4, -0.2) is 50.2 Å². The van der Waals surface area contributed by atoms with Crippen molar-refractivity contribution in [1.82, 2.24) is 24.8 Å². The lowest BCUT2D eigenvalue weighted by atomic mass is 9.89. The van der Waals surface area contributed by atoms with E-state index in [4.69, 9.17) is 4.98 Å². The second-order valence-electron chi connectivity index (χ2n) is 10.8. The van der Waals surface area contributed by atoms with E-state index in [9.17, 15) is 9.59 Å². The lowest BCUT2D eigenvalue weighted by Crippen LogP contribution is -2.42. The number of carbonyl (C=O) groups is 1. The minimum Gasteiger partial charge on any atom is -0.348 e. The van der Waals surface area contributed by atoms with E-state index in [2.05, 4.69) is 33.6 Å². The Morgan fingerprint density at radius 2 is 2.03 bits per heavy atom. The number of amides is 1. The summed E-state index contributed by atoms with van der Waals surface area (Å²) in [5, 5.41) is 3.89. The van der Waals surface area contributed by atoms with Crippen molar-refractivity contribution in [3.05, 3.63) is 57.3 Å². The van der Waals surface area contributed by atoms with Gasteiger partial charge in [0.1, 0.15) is 5.65 Å². The van der Waals surface area contributed by atoms with Crippen LogP contribution in [0.4, 0.5) is 0 Å². The van der Waals surface area contributed by atoms with Gasteiger partial charge in [0.15, 0.2) is 0 Å². The van der Waals surface area contributed by atoms with E-state index in [1.54, 1.807) is 6.20 Å². The van der Waals surface area contributed by atoms with Crippen LogP contribution >= 0.6 is 11.8 Å². The molecule has 2 aliphatic rings. The number of hydrogen-bond acceptors (Lipinski definition) is 5. The second kappa shape index (κ2) is 9.71. The number of carbonyl (C=O) groups excluding carboxylic acids is 1. The first-order valence-corrected chi connectivity index (χ1v) is 14.2. The van der Waals surface area contributed by atoms with E-state index >= 15 is 0 Å². The highest BCUT2D eigenvalue weighted by Crippen LogP contribution is 2.44. The number of aromatic nitrogens is 3. The number of aryl methyl sites for hydroxylation is 1. The Hall–Kier alpha value is -2.58. The molecule has 1 aliphatic heterocycles. The molecule has 1 atom stereocenters. The van der Waals surface area contributed by atoms with Crippen molar-refractivity contribution in [3.8, 4) is 0 Å². The first-order valence-electron chi connectivity index (χ1n) is 13.0. The fraction of sp³-hybridized carbons (Fsp3) is 0.536. The quantitative estimate of drug-likeness (QED) is 0.448. The lowest BCUT2D eigenvalue weighted by molar-refractivity contribution is 0.0949. The Morgan fingerprint density at radius 3 is 2.69 bits per heavy atom. The van der Waals surface area contributed by atoms with Crippen LogP contribution in [0, 0.1) is 19.8 Å². The van der Waals surface area contributed by atoms with Gasteiger partial charge >= 0.3 is 0 Å². The lowest BCUT2D eigenvalue weighted by Gasteiger charge is -2.39. The molecular formula is C28H37N5O2S. The molecule has 5 rings (SSSR count). The van der Waals surface area contributed by atoms with Gasteiger partial charge in [-0.15, -0.1) is 11.8 Å².